The highest BCUT2D eigenvalue weighted by molar-refractivity contribution is 5.29. The molecule has 0 bridgehead atoms. The van der Waals surface area contributed by atoms with E-state index in [1.807, 2.05) is 0 Å². The summed E-state index contributed by atoms with van der Waals surface area (Å²) in [4.78, 5) is 0. The predicted octanol–water partition coefficient (Wildman–Crippen LogP) is 2.56. The van der Waals surface area contributed by atoms with E-state index in [1.54, 1.807) is 0 Å². The van der Waals surface area contributed by atoms with Crippen LogP contribution >= 0.6 is 0 Å². The molecule has 7 heteroatoms. The van der Waals surface area contributed by atoms with Crippen molar-refractivity contribution in [3.8, 4) is 0 Å². The molecule has 16 heavy (non-hydrogen) atoms. The van der Waals surface area contributed by atoms with Crippen molar-refractivity contribution in [3.63, 3.8) is 0 Å². The fraction of sp³-hybridized carbons (Fsp3) is 0.333. The first-order valence-electron chi connectivity index (χ1n) is 4.04. The molecule has 0 saturated carbocycles. The molecule has 0 aromatic heterocycles. The van der Waals surface area contributed by atoms with Gasteiger partial charge in [0.2, 0.25) is 5.82 Å². The summed E-state index contributed by atoms with van der Waals surface area (Å²) >= 11 is 0. The molecule has 0 amide bonds. The van der Waals surface area contributed by atoms with Gasteiger partial charge in [0.15, 0.2) is 23.3 Å². The van der Waals surface area contributed by atoms with E-state index in [4.69, 9.17) is 0 Å². The SMILES string of the molecule is CC(O)(CF)c1c(F)c(F)c(F)c(F)c1F. The molecular weight excluding hydrogens is 238 g/mol. The van der Waals surface area contributed by atoms with Gasteiger partial charge in [-0.25, -0.2) is 26.3 Å². The molecule has 1 rings (SSSR count). The smallest absolute Gasteiger partial charge is 0.200 e. The topological polar surface area (TPSA) is 20.2 Å². The molecule has 1 N–H and O–H groups in total. The quantitative estimate of drug-likeness (QED) is 0.481. The van der Waals surface area contributed by atoms with E-state index in [0.29, 0.717) is 6.92 Å². The minimum absolute atomic E-state index is 0.602. The number of aliphatic hydroxyl groups is 1. The van der Waals surface area contributed by atoms with E-state index in [2.05, 4.69) is 0 Å². The molecule has 1 aromatic carbocycles. The predicted molar refractivity (Wildman–Crippen MR) is 41.8 cm³/mol. The van der Waals surface area contributed by atoms with Crippen LogP contribution in [0, 0.1) is 29.1 Å². The van der Waals surface area contributed by atoms with Gasteiger partial charge < -0.3 is 5.11 Å². The standard InChI is InChI=1S/C9H6F6O/c1-9(16,2-10)3-4(11)6(13)8(15)7(14)5(3)12/h16H,2H2,1H3. The fourth-order valence-corrected chi connectivity index (χ4v) is 1.14. The van der Waals surface area contributed by atoms with Crippen molar-refractivity contribution in [2.75, 3.05) is 6.67 Å². The average Bonchev–Trinajstić information content (AvgIpc) is 2.23. The number of halogens is 6. The molecule has 0 spiro atoms. The van der Waals surface area contributed by atoms with Crippen molar-refractivity contribution in [3.05, 3.63) is 34.6 Å². The lowest BCUT2D eigenvalue weighted by atomic mass is 9.95. The van der Waals surface area contributed by atoms with Crippen LogP contribution in [0.15, 0.2) is 0 Å². The highest BCUT2D eigenvalue weighted by Crippen LogP contribution is 2.31. The Kier molecular flexibility index (Phi) is 3.18. The summed E-state index contributed by atoms with van der Waals surface area (Å²) in [7, 11) is 0. The Bertz CT molecular complexity index is 399. The van der Waals surface area contributed by atoms with Crippen molar-refractivity contribution in [1.82, 2.24) is 0 Å². The van der Waals surface area contributed by atoms with Gasteiger partial charge in [-0.1, -0.05) is 0 Å². The molecule has 0 saturated heterocycles. The van der Waals surface area contributed by atoms with Crippen LogP contribution in [0.4, 0.5) is 26.3 Å². The van der Waals surface area contributed by atoms with Gasteiger partial charge >= 0.3 is 0 Å². The maximum atomic E-state index is 13.0. The number of hydrogen-bond donors (Lipinski definition) is 1. The lowest BCUT2D eigenvalue weighted by molar-refractivity contribution is 0.0212. The average molecular weight is 244 g/mol. The van der Waals surface area contributed by atoms with E-state index in [0.717, 1.165) is 0 Å². The molecule has 1 aromatic rings. The van der Waals surface area contributed by atoms with Crippen molar-refractivity contribution >= 4 is 0 Å². The number of rotatable bonds is 2. The molecule has 0 aliphatic rings. The highest BCUT2D eigenvalue weighted by atomic mass is 19.2. The van der Waals surface area contributed by atoms with Gasteiger partial charge in [-0.05, 0) is 6.92 Å². The summed E-state index contributed by atoms with van der Waals surface area (Å²) in [6, 6.07) is 0. The van der Waals surface area contributed by atoms with E-state index in [9.17, 15) is 31.4 Å². The molecule has 0 aliphatic carbocycles. The first-order valence-corrected chi connectivity index (χ1v) is 4.04. The van der Waals surface area contributed by atoms with Gasteiger partial charge in [0.1, 0.15) is 12.3 Å². The minimum Gasteiger partial charge on any atom is -0.382 e. The van der Waals surface area contributed by atoms with Crippen molar-refractivity contribution in [2.45, 2.75) is 12.5 Å². The Balaban J connectivity index is 3.65. The van der Waals surface area contributed by atoms with E-state index < -0.39 is 46.9 Å². The molecule has 0 fully saturated rings. The van der Waals surface area contributed by atoms with Gasteiger partial charge in [-0.3, -0.25) is 0 Å². The molecule has 90 valence electrons. The Hall–Kier alpha value is -1.24. The molecule has 0 aliphatic heterocycles. The zero-order chi connectivity index (χ0) is 12.7. The van der Waals surface area contributed by atoms with Crippen LogP contribution in [0.1, 0.15) is 12.5 Å². The Morgan fingerprint density at radius 3 is 1.50 bits per heavy atom. The van der Waals surface area contributed by atoms with Crippen LogP contribution in [-0.4, -0.2) is 11.8 Å². The summed E-state index contributed by atoms with van der Waals surface area (Å²) in [5.41, 5.74) is -4.35. The lowest BCUT2D eigenvalue weighted by Gasteiger charge is -2.21. The zero-order valence-corrected chi connectivity index (χ0v) is 7.92. The Morgan fingerprint density at radius 1 is 0.875 bits per heavy atom. The first-order chi connectivity index (χ1) is 7.24. The summed E-state index contributed by atoms with van der Waals surface area (Å²) in [5.74, 6) is -11.3. The summed E-state index contributed by atoms with van der Waals surface area (Å²) in [5, 5.41) is 9.19. The molecule has 0 heterocycles. The van der Waals surface area contributed by atoms with Crippen LogP contribution in [0.25, 0.3) is 0 Å². The van der Waals surface area contributed by atoms with Crippen molar-refractivity contribution in [1.29, 1.82) is 0 Å². The first kappa shape index (κ1) is 12.8. The number of hydrogen-bond acceptors (Lipinski definition) is 1. The maximum Gasteiger partial charge on any atom is 0.200 e. The van der Waals surface area contributed by atoms with Gasteiger partial charge in [-0.2, -0.15) is 0 Å². The molecule has 1 atom stereocenters. The van der Waals surface area contributed by atoms with Crippen LogP contribution in [0.3, 0.4) is 0 Å². The fourth-order valence-electron chi connectivity index (χ4n) is 1.14. The summed E-state index contributed by atoms with van der Waals surface area (Å²) in [6.45, 7) is -1.09. The summed E-state index contributed by atoms with van der Waals surface area (Å²) in [6.07, 6.45) is 0. The highest BCUT2D eigenvalue weighted by Gasteiger charge is 2.36. The molecular formula is C9H6F6O. The second-order valence-electron chi connectivity index (χ2n) is 3.35. The van der Waals surface area contributed by atoms with Crippen LogP contribution < -0.4 is 0 Å². The third-order valence-electron chi connectivity index (χ3n) is 2.01. The van der Waals surface area contributed by atoms with E-state index >= 15 is 0 Å². The zero-order valence-electron chi connectivity index (χ0n) is 7.92. The van der Waals surface area contributed by atoms with E-state index in [-0.39, 0.29) is 0 Å². The monoisotopic (exact) mass is 244 g/mol. The minimum atomic E-state index is -2.77. The van der Waals surface area contributed by atoms with Crippen LogP contribution in [0.2, 0.25) is 0 Å². The third-order valence-corrected chi connectivity index (χ3v) is 2.01. The number of benzene rings is 1. The van der Waals surface area contributed by atoms with Crippen LogP contribution in [-0.2, 0) is 5.60 Å². The van der Waals surface area contributed by atoms with Crippen molar-refractivity contribution in [2.24, 2.45) is 0 Å². The van der Waals surface area contributed by atoms with Gasteiger partial charge in [0.05, 0.1) is 5.56 Å². The normalized spacial score (nSPS) is 15.0. The largest absolute Gasteiger partial charge is 0.382 e. The second kappa shape index (κ2) is 3.97. The van der Waals surface area contributed by atoms with Crippen molar-refractivity contribution < 1.29 is 31.4 Å². The maximum absolute atomic E-state index is 13.0. The summed E-state index contributed by atoms with van der Waals surface area (Å²) < 4.78 is 76.3. The Morgan fingerprint density at radius 2 is 1.19 bits per heavy atom. The van der Waals surface area contributed by atoms with Gasteiger partial charge in [-0.15, -0.1) is 0 Å². The molecule has 1 nitrogen and oxygen atoms in total. The van der Waals surface area contributed by atoms with Gasteiger partial charge in [0, 0.05) is 0 Å². The Labute approximate surface area is 86.3 Å². The number of alkyl halides is 1. The molecule has 0 radical (unpaired) electrons. The third kappa shape index (κ3) is 1.75. The second-order valence-corrected chi connectivity index (χ2v) is 3.35. The lowest BCUT2D eigenvalue weighted by Crippen LogP contribution is -2.28. The van der Waals surface area contributed by atoms with Crippen LogP contribution in [0.5, 0.6) is 0 Å². The van der Waals surface area contributed by atoms with E-state index in [1.165, 1.54) is 0 Å². The molecule has 1 unspecified atom stereocenters. The van der Waals surface area contributed by atoms with Gasteiger partial charge in [0.25, 0.3) is 0 Å².